The van der Waals surface area contributed by atoms with E-state index >= 15 is 0 Å². The molecule has 9 atom stereocenters. The fourth-order valence-electron chi connectivity index (χ4n) is 8.70. The molecule has 38 nitrogen and oxygen atoms in total. The van der Waals surface area contributed by atoms with Gasteiger partial charge >= 0.3 is 5.97 Å². The van der Waals surface area contributed by atoms with E-state index in [2.05, 4.69) is 67.5 Å². The number of hydrogen-bond donors (Lipinski definition) is 23. The molecule has 0 saturated carbocycles. The number of nitrogens with zero attached hydrogens (tertiary/aromatic N) is 5. The molecule has 9 amide bonds. The van der Waals surface area contributed by atoms with Crippen LogP contribution in [-0.4, -0.2) is 194 Å². The summed E-state index contributed by atoms with van der Waals surface area (Å²) in [6, 6.07) is -12.4. The summed E-state index contributed by atoms with van der Waals surface area (Å²) in [5.74, 6) is -10.7. The number of carbonyl (C=O) groups excluding carboxylic acids is 9. The first-order valence-corrected chi connectivity index (χ1v) is 30.3. The van der Waals surface area contributed by atoms with E-state index in [-0.39, 0.29) is 159 Å². The van der Waals surface area contributed by atoms with E-state index in [1.54, 1.807) is 13.8 Å². The molecule has 0 heterocycles. The van der Waals surface area contributed by atoms with Crippen molar-refractivity contribution >= 4 is 88.9 Å². The largest absolute Gasteiger partial charge is 0.480 e. The van der Waals surface area contributed by atoms with Gasteiger partial charge in [0.15, 0.2) is 29.8 Å². The van der Waals surface area contributed by atoms with Crippen LogP contribution in [0.5, 0.6) is 0 Å². The standard InChI is InChI=1S/C53H105N27O11/c1-29(2)28-38(47(89)77-35(17-10-26-71-52(64)65)45(87)79-37(48(90)91)18-11-27-72-53(66)67)80-46(88)36(19-20-39(57)81)78-44(86)34(16-9-25-70-51(62)63)76-43(85)33(15-8-24-69-50(60)61)75-42(84)32(14-4-6-22-55)74-41(83)31(13-3-5-21-54)73-40(82)30(56)12-7-23-68-49(58)59/h29-38H,3-28,54-56H2,1-2H3,(H2,57,81)(H,73,82)(H,74,83)(H,75,84)(H,76,85)(H,77,89)(H,78,86)(H,79,87)(H,80,88)(H,90,91)(H4,58,59,68)(H4,60,61,69)(H4,62,63,70)(H4,64,65,71)(H4,66,67,72)/t30-,31+,32+,33+,34-,35+,36+,37-,38-/m1/s1. The molecule has 0 fully saturated rings. The van der Waals surface area contributed by atoms with Crippen LogP contribution in [0, 0.1) is 5.92 Å². The summed E-state index contributed by atoms with van der Waals surface area (Å²) in [6.07, 6.45) is 1.17. The van der Waals surface area contributed by atoms with Crippen molar-refractivity contribution in [3.05, 3.63) is 0 Å². The van der Waals surface area contributed by atoms with Crippen LogP contribution < -0.4 is 123 Å². The van der Waals surface area contributed by atoms with Gasteiger partial charge in [0.1, 0.15) is 48.3 Å². The quantitative estimate of drug-likeness (QED) is 0.0153. The summed E-state index contributed by atoms with van der Waals surface area (Å²) in [4.78, 5) is 157. The van der Waals surface area contributed by atoms with E-state index in [9.17, 15) is 53.1 Å². The molecule has 0 aliphatic heterocycles. The highest BCUT2D eigenvalue weighted by Gasteiger charge is 2.35. The molecule has 0 aliphatic rings. The molecule has 37 N–H and O–H groups in total. The number of primary amides is 1. The van der Waals surface area contributed by atoms with Crippen molar-refractivity contribution in [3.8, 4) is 0 Å². The fraction of sp³-hybridized carbons (Fsp3) is 0.717. The number of nitrogens with one attached hydrogen (secondary N) is 8. The van der Waals surface area contributed by atoms with Gasteiger partial charge in [0.05, 0.1) is 6.04 Å². The predicted octanol–water partition coefficient (Wildman–Crippen LogP) is -8.89. The minimum atomic E-state index is -1.63. The van der Waals surface area contributed by atoms with Crippen LogP contribution >= 0.6 is 0 Å². The average Bonchev–Trinajstić information content (AvgIpc) is 1.75. The van der Waals surface area contributed by atoms with E-state index in [4.69, 9.17) is 80.3 Å². The van der Waals surface area contributed by atoms with Crippen molar-refractivity contribution in [1.82, 2.24) is 42.5 Å². The van der Waals surface area contributed by atoms with Gasteiger partial charge in [-0.25, -0.2) is 4.79 Å². The van der Waals surface area contributed by atoms with Crippen LogP contribution in [-0.2, 0) is 47.9 Å². The van der Waals surface area contributed by atoms with E-state index in [0.717, 1.165) is 0 Å². The van der Waals surface area contributed by atoms with Gasteiger partial charge in [-0.05, 0) is 135 Å². The summed E-state index contributed by atoms with van der Waals surface area (Å²) < 4.78 is 0. The molecular weight excluding hydrogens is 1190 g/mol. The van der Waals surface area contributed by atoms with E-state index in [0.29, 0.717) is 32.1 Å². The number of aliphatic imine (C=N–C) groups is 5. The summed E-state index contributed by atoms with van der Waals surface area (Å²) in [7, 11) is 0. The third-order valence-electron chi connectivity index (χ3n) is 13.4. The number of carboxylic acid groups (broad SMARTS) is 1. The summed E-state index contributed by atoms with van der Waals surface area (Å²) in [6.45, 7) is 4.19. The van der Waals surface area contributed by atoms with Gasteiger partial charge in [-0.3, -0.25) is 68.1 Å². The van der Waals surface area contributed by atoms with Gasteiger partial charge in [-0.15, -0.1) is 0 Å². The van der Waals surface area contributed by atoms with Gasteiger partial charge in [0, 0.05) is 39.1 Å². The topological polar surface area (TPSA) is 713 Å². The van der Waals surface area contributed by atoms with Crippen molar-refractivity contribution < 1.29 is 53.1 Å². The average molecular weight is 1300 g/mol. The molecule has 0 rings (SSSR count). The second-order valence-electron chi connectivity index (χ2n) is 21.9. The number of amides is 9. The molecule has 91 heavy (non-hydrogen) atoms. The zero-order valence-corrected chi connectivity index (χ0v) is 52.5. The molecule has 0 saturated heterocycles. The third-order valence-corrected chi connectivity index (χ3v) is 13.4. The minimum Gasteiger partial charge on any atom is -0.480 e. The smallest absolute Gasteiger partial charge is 0.326 e. The van der Waals surface area contributed by atoms with Crippen LogP contribution in [0.25, 0.3) is 0 Å². The first-order chi connectivity index (χ1) is 42.9. The van der Waals surface area contributed by atoms with Gasteiger partial charge in [0.25, 0.3) is 0 Å². The lowest BCUT2D eigenvalue weighted by atomic mass is 10.0. The maximum atomic E-state index is 14.6. The Hall–Kier alpha value is -9.07. The lowest BCUT2D eigenvalue weighted by Gasteiger charge is -2.28. The fourth-order valence-corrected chi connectivity index (χ4v) is 8.70. The van der Waals surface area contributed by atoms with E-state index in [1.807, 2.05) is 0 Å². The minimum absolute atomic E-state index is 0.0135. The molecule has 0 aromatic rings. The monoisotopic (exact) mass is 1300 g/mol. The number of hydrogen-bond acceptors (Lipinski definition) is 18. The van der Waals surface area contributed by atoms with Gasteiger partial charge in [0.2, 0.25) is 53.2 Å². The van der Waals surface area contributed by atoms with Crippen molar-refractivity contribution in [2.24, 2.45) is 111 Å². The summed E-state index contributed by atoms with van der Waals surface area (Å²) >= 11 is 0. The highest BCUT2D eigenvalue weighted by atomic mass is 16.4. The van der Waals surface area contributed by atoms with Crippen LogP contribution in [0.3, 0.4) is 0 Å². The molecule has 0 unspecified atom stereocenters. The molecule has 518 valence electrons. The first-order valence-electron chi connectivity index (χ1n) is 30.3. The first kappa shape index (κ1) is 81.9. The predicted molar refractivity (Wildman–Crippen MR) is 344 cm³/mol. The highest BCUT2D eigenvalue weighted by molar-refractivity contribution is 5.98. The normalized spacial score (nSPS) is 13.8. The number of nitrogens with two attached hydrogens (primary N) is 14. The van der Waals surface area contributed by atoms with Crippen LogP contribution in [0.15, 0.2) is 25.0 Å². The van der Waals surface area contributed by atoms with Gasteiger partial charge in [-0.2, -0.15) is 0 Å². The molecule has 0 spiro atoms. The second-order valence-corrected chi connectivity index (χ2v) is 21.9. The number of rotatable bonds is 50. The Labute approximate surface area is 530 Å². The van der Waals surface area contributed by atoms with Gasteiger partial charge in [-0.1, -0.05) is 13.8 Å². The molecule has 0 radical (unpaired) electrons. The molecule has 0 bridgehead atoms. The Morgan fingerprint density at radius 1 is 0.330 bits per heavy atom. The molecular formula is C53H105N27O11. The summed E-state index contributed by atoms with van der Waals surface area (Å²) in [5, 5.41) is 30.8. The number of guanidine groups is 5. The van der Waals surface area contributed by atoms with Crippen LogP contribution in [0.2, 0.25) is 0 Å². The Morgan fingerprint density at radius 3 is 0.846 bits per heavy atom. The Bertz CT molecular complexity index is 2440. The van der Waals surface area contributed by atoms with Crippen molar-refractivity contribution in [2.45, 2.75) is 190 Å². The molecule has 0 aromatic carbocycles. The Balaban J connectivity index is 7.30. The highest BCUT2D eigenvalue weighted by Crippen LogP contribution is 2.13. The maximum Gasteiger partial charge on any atom is 0.326 e. The Kier molecular flexibility index (Phi) is 42.3. The van der Waals surface area contributed by atoms with Crippen molar-refractivity contribution in [2.75, 3.05) is 45.8 Å². The maximum absolute atomic E-state index is 14.6. The lowest BCUT2D eigenvalue weighted by molar-refractivity contribution is -0.142. The second kappa shape index (κ2) is 47.0. The zero-order chi connectivity index (χ0) is 69.0. The number of unbranched alkanes of at least 4 members (excludes halogenated alkanes) is 2. The number of carbonyl (C=O) groups is 10. The van der Waals surface area contributed by atoms with Crippen molar-refractivity contribution in [3.63, 3.8) is 0 Å². The van der Waals surface area contributed by atoms with Crippen molar-refractivity contribution in [1.29, 1.82) is 0 Å². The zero-order valence-electron chi connectivity index (χ0n) is 52.5. The van der Waals surface area contributed by atoms with Gasteiger partial charge < -0.3 is 128 Å². The lowest BCUT2D eigenvalue weighted by Crippen LogP contribution is -2.60. The molecule has 0 aliphatic carbocycles. The van der Waals surface area contributed by atoms with Crippen LogP contribution in [0.4, 0.5) is 0 Å². The number of carboxylic acids is 1. The summed E-state index contributed by atoms with van der Waals surface area (Å²) in [5.41, 5.74) is 77.9. The molecule has 0 aromatic heterocycles. The third kappa shape index (κ3) is 39.5. The number of aliphatic carboxylic acids is 1. The SMILES string of the molecule is CC(C)C[C@@H](NC(=O)[C@H](CCC(N)=O)NC(=O)[C@@H](CCCN=C(N)N)NC(=O)[C@H](CCCN=C(N)N)NC(=O)[C@H](CCCCN)NC(=O)[C@H](CCCCN)NC(=O)[C@H](N)CCCN=C(N)N)C(=O)N[C@@H](CCCN=C(N)N)C(=O)N[C@H](CCCN=C(N)N)C(=O)O. The molecule has 38 heteroatoms. The van der Waals surface area contributed by atoms with Crippen LogP contribution in [0.1, 0.15) is 136 Å². The van der Waals surface area contributed by atoms with E-state index in [1.165, 1.54) is 0 Å². The Morgan fingerprint density at radius 2 is 0.571 bits per heavy atom. The van der Waals surface area contributed by atoms with E-state index < -0.39 is 126 Å².